The maximum absolute atomic E-state index is 5.82. The lowest BCUT2D eigenvalue weighted by Gasteiger charge is -2.27. The number of hydrogen-bond donors (Lipinski definition) is 0. The summed E-state index contributed by atoms with van der Waals surface area (Å²) in [7, 11) is 3.73. The van der Waals surface area contributed by atoms with Gasteiger partial charge in [-0.1, -0.05) is 11.6 Å². The third kappa shape index (κ3) is 1.52. The molecule has 0 aromatic heterocycles. The van der Waals surface area contributed by atoms with Crippen LogP contribution >= 0.6 is 0 Å². The maximum atomic E-state index is 5.82. The quantitative estimate of drug-likeness (QED) is 0.517. The van der Waals surface area contributed by atoms with Crippen molar-refractivity contribution < 1.29 is 19.0 Å². The zero-order valence-electron chi connectivity index (χ0n) is 9.31. The van der Waals surface area contributed by atoms with Crippen molar-refractivity contribution in [2.45, 2.75) is 25.2 Å². The first kappa shape index (κ1) is 9.78. The number of allylic oxidation sites excluding steroid dienone is 2. The fourth-order valence-corrected chi connectivity index (χ4v) is 2.55. The molecule has 3 aliphatic rings. The number of nitrogens with zero attached hydrogens (tertiary/aromatic N) is 1. The highest BCUT2D eigenvalue weighted by molar-refractivity contribution is 5.22. The van der Waals surface area contributed by atoms with Gasteiger partial charge in [0, 0.05) is 5.92 Å². The molecule has 0 spiro atoms. The highest BCUT2D eigenvalue weighted by Gasteiger charge is 2.56. The molecule has 4 atom stereocenters. The molecule has 2 saturated heterocycles. The standard InChI is InChI=1S/C11H18NO3/c1-12(13-2)7-15-10-9(5-8-3-4-8)6-14-11(10)12/h3,9-11H,4-7H2,1-2H3/q+1. The van der Waals surface area contributed by atoms with Crippen molar-refractivity contribution in [3.05, 3.63) is 11.6 Å². The summed E-state index contributed by atoms with van der Waals surface area (Å²) >= 11 is 0. The number of quaternary nitrogens is 1. The highest BCUT2D eigenvalue weighted by atomic mass is 16.8. The minimum Gasteiger partial charge on any atom is -0.324 e. The summed E-state index contributed by atoms with van der Waals surface area (Å²) in [6, 6.07) is 0. The van der Waals surface area contributed by atoms with Crippen LogP contribution in [0.15, 0.2) is 11.6 Å². The molecule has 0 aromatic rings. The molecular weight excluding hydrogens is 194 g/mol. The maximum Gasteiger partial charge on any atom is 0.252 e. The van der Waals surface area contributed by atoms with E-state index in [1.54, 1.807) is 12.7 Å². The summed E-state index contributed by atoms with van der Waals surface area (Å²) in [5, 5.41) is 0. The normalized spacial score (nSPS) is 47.9. The zero-order chi connectivity index (χ0) is 10.5. The topological polar surface area (TPSA) is 27.7 Å². The van der Waals surface area contributed by atoms with Gasteiger partial charge in [0.15, 0.2) is 6.10 Å². The van der Waals surface area contributed by atoms with Crippen molar-refractivity contribution in [1.82, 2.24) is 0 Å². The van der Waals surface area contributed by atoms with Gasteiger partial charge in [0.05, 0.1) is 13.7 Å². The molecule has 0 amide bonds. The molecule has 0 saturated carbocycles. The van der Waals surface area contributed by atoms with Gasteiger partial charge in [-0.3, -0.25) is 0 Å². The van der Waals surface area contributed by atoms with E-state index in [1.165, 1.54) is 6.42 Å². The Hall–Kier alpha value is -0.420. The monoisotopic (exact) mass is 212 g/mol. The van der Waals surface area contributed by atoms with Gasteiger partial charge in [-0.25, -0.2) is 4.84 Å². The molecule has 2 aliphatic heterocycles. The van der Waals surface area contributed by atoms with Gasteiger partial charge in [-0.15, -0.1) is 4.65 Å². The third-order valence-corrected chi connectivity index (χ3v) is 3.72. The smallest absolute Gasteiger partial charge is 0.252 e. The fraction of sp³-hybridized carbons (Fsp3) is 0.818. The Morgan fingerprint density at radius 2 is 2.33 bits per heavy atom. The average Bonchev–Trinajstić information content (AvgIpc) is 2.85. The average molecular weight is 212 g/mol. The van der Waals surface area contributed by atoms with E-state index in [0.717, 1.165) is 13.0 Å². The number of hydroxylamine groups is 3. The van der Waals surface area contributed by atoms with Crippen LogP contribution in [0.4, 0.5) is 0 Å². The van der Waals surface area contributed by atoms with E-state index in [-0.39, 0.29) is 12.3 Å². The van der Waals surface area contributed by atoms with E-state index >= 15 is 0 Å². The lowest BCUT2D eigenvalue weighted by molar-refractivity contribution is -1.11. The summed E-state index contributed by atoms with van der Waals surface area (Å²) in [6.45, 7) is 1.41. The number of fused-ring (bicyclic) bond motifs is 1. The molecular formula is C11H18NO3+. The van der Waals surface area contributed by atoms with E-state index in [9.17, 15) is 0 Å². The third-order valence-electron chi connectivity index (χ3n) is 3.72. The van der Waals surface area contributed by atoms with Gasteiger partial charge in [0.2, 0.25) is 6.73 Å². The van der Waals surface area contributed by atoms with Crippen LogP contribution < -0.4 is 0 Å². The van der Waals surface area contributed by atoms with Gasteiger partial charge in [-0.05, 0) is 12.8 Å². The molecule has 0 aromatic carbocycles. The molecule has 3 rings (SSSR count). The first-order chi connectivity index (χ1) is 7.23. The van der Waals surface area contributed by atoms with E-state index in [0.29, 0.717) is 17.3 Å². The van der Waals surface area contributed by atoms with Crippen molar-refractivity contribution in [2.75, 3.05) is 27.5 Å². The van der Waals surface area contributed by atoms with E-state index < -0.39 is 0 Å². The summed E-state index contributed by atoms with van der Waals surface area (Å²) in [5.41, 5.74) is 1.56. The van der Waals surface area contributed by atoms with Crippen molar-refractivity contribution in [1.29, 1.82) is 0 Å². The summed E-state index contributed by atoms with van der Waals surface area (Å²) in [5.74, 6) is 0.527. The molecule has 15 heavy (non-hydrogen) atoms. The Kier molecular flexibility index (Phi) is 2.14. The first-order valence-corrected chi connectivity index (χ1v) is 5.55. The molecule has 0 N–H and O–H groups in total. The summed E-state index contributed by atoms with van der Waals surface area (Å²) < 4.78 is 12.1. The molecule has 1 aliphatic carbocycles. The molecule has 4 unspecified atom stereocenters. The van der Waals surface area contributed by atoms with Crippen molar-refractivity contribution in [3.8, 4) is 0 Å². The second-order valence-electron chi connectivity index (χ2n) is 4.87. The Morgan fingerprint density at radius 3 is 3.00 bits per heavy atom. The Labute approximate surface area is 89.9 Å². The predicted molar refractivity (Wildman–Crippen MR) is 53.5 cm³/mol. The van der Waals surface area contributed by atoms with E-state index in [2.05, 4.69) is 6.08 Å². The van der Waals surface area contributed by atoms with Crippen molar-refractivity contribution >= 4 is 0 Å². The Morgan fingerprint density at radius 1 is 1.53 bits per heavy atom. The van der Waals surface area contributed by atoms with Crippen LogP contribution in [0.25, 0.3) is 0 Å². The first-order valence-electron chi connectivity index (χ1n) is 5.55. The zero-order valence-corrected chi connectivity index (χ0v) is 9.31. The summed E-state index contributed by atoms with van der Waals surface area (Å²) in [4.78, 5) is 5.45. The second-order valence-corrected chi connectivity index (χ2v) is 4.87. The largest absolute Gasteiger partial charge is 0.324 e. The minimum atomic E-state index is 0.0688. The van der Waals surface area contributed by atoms with Gasteiger partial charge >= 0.3 is 0 Å². The molecule has 2 fully saturated rings. The van der Waals surface area contributed by atoms with E-state index in [1.807, 2.05) is 7.05 Å². The van der Waals surface area contributed by atoms with Crippen LogP contribution in [0.3, 0.4) is 0 Å². The van der Waals surface area contributed by atoms with Crippen molar-refractivity contribution in [3.63, 3.8) is 0 Å². The van der Waals surface area contributed by atoms with Gasteiger partial charge in [0.25, 0.3) is 6.23 Å². The molecule has 2 heterocycles. The lowest BCUT2D eigenvalue weighted by Crippen LogP contribution is -2.49. The molecule has 0 bridgehead atoms. The SMILES string of the molecule is CO[N+]1(C)COC2C(CC3=CC3)COC21. The summed E-state index contributed by atoms with van der Waals surface area (Å²) in [6.07, 6.45) is 4.91. The lowest BCUT2D eigenvalue weighted by atomic mass is 9.99. The molecule has 0 radical (unpaired) electrons. The Bertz CT molecular complexity index is 304. The number of likely N-dealkylation sites (N-methyl/N-ethyl adjacent to an activating group) is 1. The van der Waals surface area contributed by atoms with Gasteiger partial charge < -0.3 is 9.47 Å². The van der Waals surface area contributed by atoms with Crippen LogP contribution in [0.1, 0.15) is 12.8 Å². The Balaban J connectivity index is 1.71. The molecule has 4 heteroatoms. The fourth-order valence-electron chi connectivity index (χ4n) is 2.55. The number of rotatable bonds is 3. The van der Waals surface area contributed by atoms with E-state index in [4.69, 9.17) is 14.3 Å². The van der Waals surface area contributed by atoms with Crippen molar-refractivity contribution in [2.24, 2.45) is 5.92 Å². The van der Waals surface area contributed by atoms with Crippen LogP contribution in [-0.4, -0.2) is 44.5 Å². The van der Waals surface area contributed by atoms with Gasteiger partial charge in [0.1, 0.15) is 7.05 Å². The molecule has 4 nitrogen and oxygen atoms in total. The number of hydrogen-bond acceptors (Lipinski definition) is 3. The molecule has 84 valence electrons. The van der Waals surface area contributed by atoms with Gasteiger partial charge in [-0.2, -0.15) is 0 Å². The van der Waals surface area contributed by atoms with Crippen LogP contribution in [0, 0.1) is 5.92 Å². The number of ether oxygens (including phenoxy) is 2. The highest BCUT2D eigenvalue weighted by Crippen LogP contribution is 2.40. The van der Waals surface area contributed by atoms with Crippen LogP contribution in [-0.2, 0) is 14.3 Å². The second kappa shape index (κ2) is 3.28. The predicted octanol–water partition coefficient (Wildman–Crippen LogP) is 1.04. The minimum absolute atomic E-state index is 0.0688. The van der Waals surface area contributed by atoms with Crippen LogP contribution in [0.5, 0.6) is 0 Å². The van der Waals surface area contributed by atoms with Crippen LogP contribution in [0.2, 0.25) is 0 Å².